The number of anilines is 2. The fourth-order valence-electron chi connectivity index (χ4n) is 1.57. The van der Waals surface area contributed by atoms with E-state index in [0.29, 0.717) is 12.5 Å². The number of aryl methyl sites for hydroxylation is 1. The van der Waals surface area contributed by atoms with E-state index in [-0.39, 0.29) is 5.82 Å². The Morgan fingerprint density at radius 3 is 2.89 bits per heavy atom. The summed E-state index contributed by atoms with van der Waals surface area (Å²) in [6.45, 7) is 2.45. The number of rotatable bonds is 4. The molecule has 2 N–H and O–H groups in total. The summed E-state index contributed by atoms with van der Waals surface area (Å²) in [6, 6.07) is 6.49. The molecule has 0 aliphatic carbocycles. The second-order valence-electron chi connectivity index (χ2n) is 3.96. The molecule has 1 aromatic heterocycles. The van der Waals surface area contributed by atoms with Crippen LogP contribution in [0.3, 0.4) is 0 Å². The fraction of sp³-hybridized carbons (Fsp3) is 0.231. The van der Waals surface area contributed by atoms with E-state index >= 15 is 0 Å². The van der Waals surface area contributed by atoms with Gasteiger partial charge in [-0.15, -0.1) is 0 Å². The summed E-state index contributed by atoms with van der Waals surface area (Å²) in [5, 5.41) is 6.05. The van der Waals surface area contributed by atoms with Crippen molar-refractivity contribution in [3.63, 3.8) is 0 Å². The molecular weight excluding hydrogens is 231 g/mol. The van der Waals surface area contributed by atoms with Crippen LogP contribution in [0.1, 0.15) is 11.1 Å². The van der Waals surface area contributed by atoms with Crippen molar-refractivity contribution in [1.29, 1.82) is 0 Å². The minimum Gasteiger partial charge on any atom is -0.366 e. The molecule has 0 saturated carbocycles. The van der Waals surface area contributed by atoms with Gasteiger partial charge in [0.15, 0.2) is 0 Å². The van der Waals surface area contributed by atoms with E-state index in [1.807, 2.05) is 13.0 Å². The Balaban J connectivity index is 2.10. The van der Waals surface area contributed by atoms with Gasteiger partial charge in [-0.25, -0.2) is 9.37 Å². The maximum Gasteiger partial charge on any atom is 0.224 e. The average Bonchev–Trinajstić information content (AvgIpc) is 2.38. The number of nitrogens with zero attached hydrogens (tertiary/aromatic N) is 2. The predicted molar refractivity (Wildman–Crippen MR) is 70.0 cm³/mol. The maximum atomic E-state index is 13.0. The monoisotopic (exact) mass is 246 g/mol. The number of hydrogen-bond donors (Lipinski definition) is 2. The molecule has 0 unspecified atom stereocenters. The van der Waals surface area contributed by atoms with E-state index in [2.05, 4.69) is 20.6 Å². The van der Waals surface area contributed by atoms with Crippen LogP contribution in [-0.2, 0) is 6.54 Å². The summed E-state index contributed by atoms with van der Waals surface area (Å²) in [7, 11) is 1.76. The van der Waals surface area contributed by atoms with Crippen molar-refractivity contribution in [2.45, 2.75) is 13.5 Å². The van der Waals surface area contributed by atoms with Crippen LogP contribution < -0.4 is 10.6 Å². The Hall–Kier alpha value is -2.17. The van der Waals surface area contributed by atoms with Gasteiger partial charge in [-0.1, -0.05) is 12.1 Å². The third-order valence-electron chi connectivity index (χ3n) is 2.54. The highest BCUT2D eigenvalue weighted by Crippen LogP contribution is 2.14. The molecule has 0 amide bonds. The zero-order valence-corrected chi connectivity index (χ0v) is 10.4. The molecule has 0 saturated heterocycles. The van der Waals surface area contributed by atoms with Crippen LogP contribution in [0.2, 0.25) is 0 Å². The molecule has 0 atom stereocenters. The fourth-order valence-corrected chi connectivity index (χ4v) is 1.57. The smallest absolute Gasteiger partial charge is 0.224 e. The highest BCUT2D eigenvalue weighted by Gasteiger charge is 2.03. The van der Waals surface area contributed by atoms with Crippen molar-refractivity contribution in [3.8, 4) is 0 Å². The first kappa shape index (κ1) is 12.3. The minimum absolute atomic E-state index is 0.232. The molecule has 1 heterocycles. The van der Waals surface area contributed by atoms with Crippen molar-refractivity contribution in [3.05, 3.63) is 47.4 Å². The van der Waals surface area contributed by atoms with Crippen LogP contribution in [0, 0.1) is 12.7 Å². The molecule has 1 aromatic carbocycles. The molecule has 2 aromatic rings. The van der Waals surface area contributed by atoms with E-state index in [0.717, 1.165) is 16.9 Å². The van der Waals surface area contributed by atoms with Crippen LogP contribution in [0.15, 0.2) is 30.5 Å². The number of halogens is 1. The lowest BCUT2D eigenvalue weighted by Crippen LogP contribution is -2.06. The summed E-state index contributed by atoms with van der Waals surface area (Å²) >= 11 is 0. The lowest BCUT2D eigenvalue weighted by molar-refractivity contribution is 0.626. The third kappa shape index (κ3) is 2.94. The summed E-state index contributed by atoms with van der Waals surface area (Å²) in [5.74, 6) is 1.07. The van der Waals surface area contributed by atoms with Crippen LogP contribution in [0.4, 0.5) is 16.2 Å². The molecule has 0 aliphatic heterocycles. The van der Waals surface area contributed by atoms with E-state index < -0.39 is 0 Å². The molecular formula is C13H15FN4. The second kappa shape index (κ2) is 5.44. The van der Waals surface area contributed by atoms with Crippen molar-refractivity contribution >= 4 is 11.8 Å². The topological polar surface area (TPSA) is 49.8 Å². The Morgan fingerprint density at radius 2 is 2.17 bits per heavy atom. The van der Waals surface area contributed by atoms with Crippen LogP contribution in [0.25, 0.3) is 0 Å². The predicted octanol–water partition coefficient (Wildman–Crippen LogP) is 2.58. The van der Waals surface area contributed by atoms with Gasteiger partial charge in [-0.05, 0) is 24.6 Å². The molecule has 0 fully saturated rings. The van der Waals surface area contributed by atoms with Gasteiger partial charge in [0.05, 0.1) is 0 Å². The Morgan fingerprint density at radius 1 is 1.33 bits per heavy atom. The quantitative estimate of drug-likeness (QED) is 0.870. The third-order valence-corrected chi connectivity index (χ3v) is 2.54. The number of nitrogens with one attached hydrogen (secondary N) is 2. The minimum atomic E-state index is -0.232. The van der Waals surface area contributed by atoms with Gasteiger partial charge in [0, 0.05) is 25.4 Å². The molecule has 0 bridgehead atoms. The molecule has 4 nitrogen and oxygen atoms in total. The highest BCUT2D eigenvalue weighted by atomic mass is 19.1. The van der Waals surface area contributed by atoms with Crippen LogP contribution in [0.5, 0.6) is 0 Å². The standard InChI is InChI=1S/C13H15FN4/c1-9-7-17-13(15-2)18-12(9)16-8-10-4-3-5-11(14)6-10/h3-7H,8H2,1-2H3,(H2,15,16,17,18). The largest absolute Gasteiger partial charge is 0.366 e. The van der Waals surface area contributed by atoms with Gasteiger partial charge in [0.2, 0.25) is 5.95 Å². The van der Waals surface area contributed by atoms with Crippen LogP contribution in [-0.4, -0.2) is 17.0 Å². The van der Waals surface area contributed by atoms with Gasteiger partial charge in [-0.3, -0.25) is 0 Å². The molecule has 94 valence electrons. The van der Waals surface area contributed by atoms with Gasteiger partial charge < -0.3 is 10.6 Å². The molecule has 0 spiro atoms. The van der Waals surface area contributed by atoms with E-state index in [9.17, 15) is 4.39 Å². The Kier molecular flexibility index (Phi) is 3.72. The first-order valence-electron chi connectivity index (χ1n) is 5.69. The molecule has 2 rings (SSSR count). The molecule has 18 heavy (non-hydrogen) atoms. The first-order chi connectivity index (χ1) is 8.69. The van der Waals surface area contributed by atoms with Gasteiger partial charge >= 0.3 is 0 Å². The number of hydrogen-bond acceptors (Lipinski definition) is 4. The maximum absolute atomic E-state index is 13.0. The number of benzene rings is 1. The van der Waals surface area contributed by atoms with Gasteiger partial charge in [0.25, 0.3) is 0 Å². The van der Waals surface area contributed by atoms with Crippen LogP contribution >= 0.6 is 0 Å². The zero-order chi connectivity index (χ0) is 13.0. The normalized spacial score (nSPS) is 10.2. The van der Waals surface area contributed by atoms with Crippen molar-refractivity contribution in [2.24, 2.45) is 0 Å². The summed E-state index contributed by atoms with van der Waals surface area (Å²) < 4.78 is 13.0. The first-order valence-corrected chi connectivity index (χ1v) is 5.69. The summed E-state index contributed by atoms with van der Waals surface area (Å²) in [5.41, 5.74) is 1.82. The zero-order valence-electron chi connectivity index (χ0n) is 10.4. The van der Waals surface area contributed by atoms with Crippen molar-refractivity contribution < 1.29 is 4.39 Å². The molecule has 0 aliphatic rings. The molecule has 5 heteroatoms. The van der Waals surface area contributed by atoms with E-state index in [4.69, 9.17) is 0 Å². The van der Waals surface area contributed by atoms with E-state index in [1.165, 1.54) is 12.1 Å². The molecule has 0 radical (unpaired) electrons. The summed E-state index contributed by atoms with van der Waals surface area (Å²) in [4.78, 5) is 8.41. The second-order valence-corrected chi connectivity index (χ2v) is 3.96. The van der Waals surface area contributed by atoms with Gasteiger partial charge in [-0.2, -0.15) is 4.98 Å². The lowest BCUT2D eigenvalue weighted by atomic mass is 10.2. The lowest BCUT2D eigenvalue weighted by Gasteiger charge is -2.09. The average molecular weight is 246 g/mol. The van der Waals surface area contributed by atoms with E-state index in [1.54, 1.807) is 19.3 Å². The van der Waals surface area contributed by atoms with Crippen molar-refractivity contribution in [2.75, 3.05) is 17.7 Å². The number of aromatic nitrogens is 2. The SMILES string of the molecule is CNc1ncc(C)c(NCc2cccc(F)c2)n1. The summed E-state index contributed by atoms with van der Waals surface area (Å²) in [6.07, 6.45) is 1.74. The van der Waals surface area contributed by atoms with Gasteiger partial charge in [0.1, 0.15) is 11.6 Å². The Labute approximate surface area is 105 Å². The Bertz CT molecular complexity index is 542. The highest BCUT2D eigenvalue weighted by molar-refractivity contribution is 5.46. The van der Waals surface area contributed by atoms with Crippen molar-refractivity contribution in [1.82, 2.24) is 9.97 Å².